The first kappa shape index (κ1) is 14.9. The molecule has 0 aliphatic carbocycles. The Balaban J connectivity index is 3.17. The molecular weight excluding hydrogens is 252 g/mol. The standard InChI is InChI=1S/C12H20N2O3S/c1-8-4-5-11(13)12(10(8)3)18(16,17)14-9(2)6-7-15/h4-5,9,14-15H,6-7,13H2,1-3H3. The van der Waals surface area contributed by atoms with Crippen LogP contribution in [-0.4, -0.2) is 26.2 Å². The summed E-state index contributed by atoms with van der Waals surface area (Å²) < 4.78 is 27.0. The van der Waals surface area contributed by atoms with E-state index in [-0.39, 0.29) is 23.2 Å². The number of hydrogen-bond donors (Lipinski definition) is 3. The molecule has 0 heterocycles. The van der Waals surface area contributed by atoms with Gasteiger partial charge in [-0.1, -0.05) is 6.07 Å². The largest absolute Gasteiger partial charge is 0.398 e. The van der Waals surface area contributed by atoms with Gasteiger partial charge in [0.1, 0.15) is 4.90 Å². The molecule has 1 atom stereocenters. The van der Waals surface area contributed by atoms with Crippen LogP contribution in [0.25, 0.3) is 0 Å². The van der Waals surface area contributed by atoms with Crippen LogP contribution in [0.1, 0.15) is 24.5 Å². The Labute approximate surface area is 108 Å². The van der Waals surface area contributed by atoms with Crippen molar-refractivity contribution in [2.45, 2.75) is 38.1 Å². The minimum Gasteiger partial charge on any atom is -0.398 e. The van der Waals surface area contributed by atoms with Crippen molar-refractivity contribution >= 4 is 15.7 Å². The zero-order chi connectivity index (χ0) is 13.9. The third-order valence-electron chi connectivity index (χ3n) is 2.89. The van der Waals surface area contributed by atoms with Crippen LogP contribution in [0.15, 0.2) is 17.0 Å². The predicted octanol–water partition coefficient (Wildman–Crippen LogP) is 0.935. The summed E-state index contributed by atoms with van der Waals surface area (Å²) in [7, 11) is -3.65. The first-order valence-electron chi connectivity index (χ1n) is 5.78. The minimum absolute atomic E-state index is 0.0635. The number of aliphatic hydroxyl groups excluding tert-OH is 1. The molecule has 5 nitrogen and oxygen atoms in total. The van der Waals surface area contributed by atoms with Gasteiger partial charge in [-0.05, 0) is 44.4 Å². The second-order valence-corrected chi connectivity index (χ2v) is 6.11. The number of nitrogens with two attached hydrogens (primary N) is 1. The average Bonchev–Trinajstić information content (AvgIpc) is 2.23. The van der Waals surface area contributed by atoms with Crippen molar-refractivity contribution in [2.24, 2.45) is 0 Å². The van der Waals surface area contributed by atoms with Gasteiger partial charge < -0.3 is 10.8 Å². The molecule has 0 fully saturated rings. The van der Waals surface area contributed by atoms with Crippen molar-refractivity contribution in [1.29, 1.82) is 0 Å². The van der Waals surface area contributed by atoms with Crippen LogP contribution in [-0.2, 0) is 10.0 Å². The quantitative estimate of drug-likeness (QED) is 0.695. The Hall–Kier alpha value is -1.11. The topological polar surface area (TPSA) is 92.4 Å². The summed E-state index contributed by atoms with van der Waals surface area (Å²) in [5.74, 6) is 0. The summed E-state index contributed by atoms with van der Waals surface area (Å²) in [6.45, 7) is 5.21. The maximum Gasteiger partial charge on any atom is 0.243 e. The lowest BCUT2D eigenvalue weighted by atomic mass is 10.1. The van der Waals surface area contributed by atoms with Crippen molar-refractivity contribution in [3.05, 3.63) is 23.3 Å². The van der Waals surface area contributed by atoms with Crippen LogP contribution in [0, 0.1) is 13.8 Å². The molecule has 0 amide bonds. The van der Waals surface area contributed by atoms with E-state index in [0.29, 0.717) is 12.0 Å². The Morgan fingerprint density at radius 3 is 2.56 bits per heavy atom. The lowest BCUT2D eigenvalue weighted by Crippen LogP contribution is -2.34. The zero-order valence-electron chi connectivity index (χ0n) is 10.9. The smallest absolute Gasteiger partial charge is 0.243 e. The predicted molar refractivity (Wildman–Crippen MR) is 71.8 cm³/mol. The fraction of sp³-hybridized carbons (Fsp3) is 0.500. The second-order valence-electron chi connectivity index (χ2n) is 4.46. The molecule has 0 saturated carbocycles. The molecule has 1 aromatic rings. The van der Waals surface area contributed by atoms with Gasteiger partial charge in [-0.25, -0.2) is 13.1 Å². The van der Waals surface area contributed by atoms with Crippen LogP contribution < -0.4 is 10.5 Å². The molecule has 0 aromatic heterocycles. The summed E-state index contributed by atoms with van der Waals surface area (Å²) in [6.07, 6.45) is 0.365. The van der Waals surface area contributed by atoms with E-state index in [1.54, 1.807) is 26.0 Å². The maximum atomic E-state index is 12.2. The van der Waals surface area contributed by atoms with E-state index in [1.807, 2.05) is 6.92 Å². The Bertz CT molecular complexity index is 526. The number of nitrogens with one attached hydrogen (secondary N) is 1. The molecule has 1 aromatic carbocycles. The van der Waals surface area contributed by atoms with Crippen LogP contribution in [0.4, 0.5) is 5.69 Å². The Kier molecular flexibility index (Phi) is 4.72. The SMILES string of the molecule is Cc1ccc(N)c(S(=O)(=O)NC(C)CCO)c1C. The fourth-order valence-electron chi connectivity index (χ4n) is 1.74. The van der Waals surface area contributed by atoms with E-state index in [0.717, 1.165) is 5.56 Å². The van der Waals surface area contributed by atoms with Gasteiger partial charge in [0.05, 0.1) is 5.69 Å². The van der Waals surface area contributed by atoms with Crippen molar-refractivity contribution < 1.29 is 13.5 Å². The second kappa shape index (κ2) is 5.69. The summed E-state index contributed by atoms with van der Waals surface area (Å²) in [5.41, 5.74) is 7.52. The van der Waals surface area contributed by atoms with E-state index >= 15 is 0 Å². The highest BCUT2D eigenvalue weighted by atomic mass is 32.2. The molecule has 102 valence electrons. The minimum atomic E-state index is -3.65. The Morgan fingerprint density at radius 2 is 2.00 bits per heavy atom. The van der Waals surface area contributed by atoms with E-state index in [9.17, 15) is 8.42 Å². The molecule has 0 aliphatic rings. The van der Waals surface area contributed by atoms with Gasteiger partial charge in [-0.3, -0.25) is 0 Å². The van der Waals surface area contributed by atoms with E-state index in [1.165, 1.54) is 0 Å². The van der Waals surface area contributed by atoms with Gasteiger partial charge in [0.15, 0.2) is 0 Å². The first-order chi connectivity index (χ1) is 8.29. The molecule has 0 aliphatic heterocycles. The van der Waals surface area contributed by atoms with Gasteiger partial charge in [-0.2, -0.15) is 0 Å². The third kappa shape index (κ3) is 3.22. The number of sulfonamides is 1. The summed E-state index contributed by atoms with van der Waals surface area (Å²) in [4.78, 5) is 0.132. The molecule has 1 unspecified atom stereocenters. The number of hydrogen-bond acceptors (Lipinski definition) is 4. The van der Waals surface area contributed by atoms with Gasteiger partial charge in [0, 0.05) is 12.6 Å². The monoisotopic (exact) mass is 272 g/mol. The molecule has 6 heteroatoms. The first-order valence-corrected chi connectivity index (χ1v) is 7.26. The molecule has 0 spiro atoms. The van der Waals surface area contributed by atoms with Crippen molar-refractivity contribution in [1.82, 2.24) is 4.72 Å². The summed E-state index contributed by atoms with van der Waals surface area (Å²) in [6, 6.07) is 3.05. The van der Waals surface area contributed by atoms with Crippen molar-refractivity contribution in [3.63, 3.8) is 0 Å². The van der Waals surface area contributed by atoms with Gasteiger partial charge in [0.2, 0.25) is 10.0 Å². The number of aryl methyl sites for hydroxylation is 1. The number of benzene rings is 1. The van der Waals surface area contributed by atoms with Crippen molar-refractivity contribution in [2.75, 3.05) is 12.3 Å². The highest BCUT2D eigenvalue weighted by Crippen LogP contribution is 2.25. The number of anilines is 1. The highest BCUT2D eigenvalue weighted by Gasteiger charge is 2.22. The molecule has 0 saturated heterocycles. The zero-order valence-corrected chi connectivity index (χ0v) is 11.7. The molecule has 0 radical (unpaired) electrons. The molecular formula is C12H20N2O3S. The Morgan fingerprint density at radius 1 is 1.39 bits per heavy atom. The third-order valence-corrected chi connectivity index (χ3v) is 4.69. The van der Waals surface area contributed by atoms with Crippen molar-refractivity contribution in [3.8, 4) is 0 Å². The molecule has 18 heavy (non-hydrogen) atoms. The van der Waals surface area contributed by atoms with Gasteiger partial charge in [0.25, 0.3) is 0 Å². The van der Waals surface area contributed by atoms with Crippen LogP contribution >= 0.6 is 0 Å². The van der Waals surface area contributed by atoms with Crippen LogP contribution in [0.3, 0.4) is 0 Å². The highest BCUT2D eigenvalue weighted by molar-refractivity contribution is 7.89. The number of rotatable bonds is 5. The summed E-state index contributed by atoms with van der Waals surface area (Å²) in [5, 5.41) is 8.80. The van der Waals surface area contributed by atoms with Crippen LogP contribution in [0.5, 0.6) is 0 Å². The van der Waals surface area contributed by atoms with Gasteiger partial charge in [-0.15, -0.1) is 0 Å². The van der Waals surface area contributed by atoms with E-state index in [2.05, 4.69) is 4.72 Å². The average molecular weight is 272 g/mol. The lowest BCUT2D eigenvalue weighted by Gasteiger charge is -2.17. The molecule has 1 rings (SSSR count). The molecule has 0 bridgehead atoms. The fourth-order valence-corrected chi connectivity index (χ4v) is 3.45. The van der Waals surface area contributed by atoms with E-state index in [4.69, 9.17) is 10.8 Å². The number of aliphatic hydroxyl groups is 1. The van der Waals surface area contributed by atoms with Crippen LogP contribution in [0.2, 0.25) is 0 Å². The van der Waals surface area contributed by atoms with Gasteiger partial charge >= 0.3 is 0 Å². The lowest BCUT2D eigenvalue weighted by molar-refractivity contribution is 0.275. The number of nitrogen functional groups attached to an aromatic ring is 1. The van der Waals surface area contributed by atoms with E-state index < -0.39 is 10.0 Å². The summed E-state index contributed by atoms with van der Waals surface area (Å²) >= 11 is 0. The molecule has 4 N–H and O–H groups in total. The maximum absolute atomic E-state index is 12.2. The normalized spacial score (nSPS) is 13.6.